The highest BCUT2D eigenvalue weighted by atomic mass is 32.2. The summed E-state index contributed by atoms with van der Waals surface area (Å²) in [6, 6.07) is 0. The smallest absolute Gasteiger partial charge is 0.221 e. The van der Waals surface area contributed by atoms with Gasteiger partial charge in [0.15, 0.2) is 0 Å². The average Bonchev–Trinajstić information content (AvgIpc) is 2.22. The van der Waals surface area contributed by atoms with Gasteiger partial charge in [-0.2, -0.15) is 0 Å². The van der Waals surface area contributed by atoms with Crippen LogP contribution in [0.1, 0.15) is 0 Å². The molecule has 0 aromatic heterocycles. The Morgan fingerprint density at radius 1 is 1.33 bits per heavy atom. The van der Waals surface area contributed by atoms with E-state index >= 15 is 0 Å². The first kappa shape index (κ1) is 5.94. The van der Waals surface area contributed by atoms with Crippen LogP contribution >= 0.6 is 23.5 Å². The molecule has 9 heavy (non-hydrogen) atoms. The first-order valence-corrected chi connectivity index (χ1v) is 5.43. The molecule has 0 saturated heterocycles. The molecule has 0 fully saturated rings. The second-order valence-corrected chi connectivity index (χ2v) is 4.82. The number of thioether (sulfide) groups is 2. The van der Waals surface area contributed by atoms with Gasteiger partial charge in [0.2, 0.25) is 11.2 Å². The summed E-state index contributed by atoms with van der Waals surface area (Å²) in [5, 5.41) is 3.11. The highest BCUT2D eigenvalue weighted by Gasteiger charge is 2.24. The first-order chi connectivity index (χ1) is 4.36. The van der Waals surface area contributed by atoms with E-state index in [1.54, 1.807) is 23.5 Å². The lowest BCUT2D eigenvalue weighted by atomic mass is 10.9. The summed E-state index contributed by atoms with van der Waals surface area (Å²) < 4.78 is 16.3. The molecule has 0 radical (unpaired) electrons. The quantitative estimate of drug-likeness (QED) is 0.564. The number of rotatable bonds is 0. The second-order valence-electron chi connectivity index (χ2n) is 1.54. The minimum Gasteiger partial charge on any atom is -0.280 e. The third-order valence-corrected chi connectivity index (χ3v) is 4.28. The summed E-state index contributed by atoms with van der Waals surface area (Å²) in [5.74, 6) is 0. The fourth-order valence-electron chi connectivity index (χ4n) is 0.624. The molecule has 0 aromatic rings. The number of hydrogen-bond acceptors (Lipinski definition) is 3. The Balaban J connectivity index is 2.23. The van der Waals surface area contributed by atoms with E-state index in [0.717, 1.165) is 15.1 Å². The summed E-state index contributed by atoms with van der Waals surface area (Å²) in [6.45, 7) is 0. The topological polar surface area (TPSA) is 41.1 Å². The predicted octanol–water partition coefficient (Wildman–Crippen LogP) is 0.322. The van der Waals surface area contributed by atoms with Gasteiger partial charge < -0.3 is 0 Å². The Morgan fingerprint density at radius 2 is 1.89 bits per heavy atom. The number of hydrogen-bond donors (Lipinski definition) is 2. The monoisotopic (exact) mass is 180 g/mol. The SMILES string of the molecule is O=S1NC2=C(N1)SCS2. The molecule has 2 aliphatic heterocycles. The Labute approximate surface area is 63.8 Å². The van der Waals surface area contributed by atoms with Gasteiger partial charge >= 0.3 is 0 Å². The molecule has 50 valence electrons. The minimum atomic E-state index is -1.05. The summed E-state index contributed by atoms with van der Waals surface area (Å²) in [7, 11) is 0. The van der Waals surface area contributed by atoms with Crippen molar-refractivity contribution in [1.82, 2.24) is 9.44 Å². The summed E-state index contributed by atoms with van der Waals surface area (Å²) >= 11 is 2.34. The maximum absolute atomic E-state index is 10.7. The molecule has 0 aromatic carbocycles. The van der Waals surface area contributed by atoms with Crippen LogP contribution in [0.5, 0.6) is 0 Å². The molecule has 0 amide bonds. The van der Waals surface area contributed by atoms with Crippen molar-refractivity contribution in [3.05, 3.63) is 10.1 Å². The predicted molar refractivity (Wildman–Crippen MR) is 41.5 cm³/mol. The van der Waals surface area contributed by atoms with Gasteiger partial charge in [0, 0.05) is 0 Å². The van der Waals surface area contributed by atoms with Gasteiger partial charge in [0.1, 0.15) is 10.1 Å². The van der Waals surface area contributed by atoms with Gasteiger partial charge in [0.05, 0.1) is 5.08 Å². The van der Waals surface area contributed by atoms with E-state index in [1.807, 2.05) is 0 Å². The zero-order valence-electron chi connectivity index (χ0n) is 4.34. The maximum atomic E-state index is 10.7. The Hall–Kier alpha value is 0.190. The molecule has 0 spiro atoms. The zero-order chi connectivity index (χ0) is 6.27. The molecule has 0 unspecified atom stereocenters. The third-order valence-electron chi connectivity index (χ3n) is 0.984. The Morgan fingerprint density at radius 3 is 2.44 bits per heavy atom. The van der Waals surface area contributed by atoms with Crippen LogP contribution in [-0.4, -0.2) is 9.29 Å². The van der Waals surface area contributed by atoms with Crippen molar-refractivity contribution in [3.63, 3.8) is 0 Å². The van der Waals surface area contributed by atoms with Crippen LogP contribution in [0, 0.1) is 0 Å². The van der Waals surface area contributed by atoms with E-state index in [4.69, 9.17) is 0 Å². The van der Waals surface area contributed by atoms with E-state index in [9.17, 15) is 4.21 Å². The van der Waals surface area contributed by atoms with Crippen LogP contribution in [0.4, 0.5) is 0 Å². The van der Waals surface area contributed by atoms with Gasteiger partial charge in [-0.15, -0.1) is 0 Å². The van der Waals surface area contributed by atoms with Crippen molar-refractivity contribution in [1.29, 1.82) is 0 Å². The average molecular weight is 180 g/mol. The lowest BCUT2D eigenvalue weighted by molar-refractivity contribution is 0.678. The molecular formula is C3H4N2OS3. The zero-order valence-corrected chi connectivity index (χ0v) is 6.79. The van der Waals surface area contributed by atoms with E-state index in [0.29, 0.717) is 0 Å². The summed E-state index contributed by atoms with van der Waals surface area (Å²) in [4.78, 5) is 0. The van der Waals surface area contributed by atoms with Gasteiger partial charge in [-0.3, -0.25) is 9.44 Å². The van der Waals surface area contributed by atoms with Crippen LogP contribution < -0.4 is 9.44 Å². The molecule has 2 rings (SSSR count). The van der Waals surface area contributed by atoms with Crippen LogP contribution in [0.2, 0.25) is 0 Å². The Kier molecular flexibility index (Phi) is 1.39. The minimum absolute atomic E-state index is 1.03. The maximum Gasteiger partial charge on any atom is 0.221 e. The molecule has 2 heterocycles. The van der Waals surface area contributed by atoms with Crippen molar-refractivity contribution in [3.8, 4) is 0 Å². The van der Waals surface area contributed by atoms with E-state index in [-0.39, 0.29) is 0 Å². The normalized spacial score (nSPS) is 25.8. The third kappa shape index (κ3) is 0.948. The van der Waals surface area contributed by atoms with Crippen molar-refractivity contribution in [2.45, 2.75) is 0 Å². The van der Waals surface area contributed by atoms with Crippen molar-refractivity contribution >= 4 is 34.7 Å². The molecule has 0 atom stereocenters. The Bertz CT molecular complexity index is 183. The van der Waals surface area contributed by atoms with Crippen molar-refractivity contribution in [2.24, 2.45) is 0 Å². The highest BCUT2D eigenvalue weighted by Crippen LogP contribution is 2.38. The molecule has 6 heteroatoms. The highest BCUT2D eigenvalue weighted by molar-refractivity contribution is 8.23. The standard InChI is InChI=1S/C3H4N2OS3/c6-9-4-2-3(5-9)8-1-7-2/h4-5H,1H2. The van der Waals surface area contributed by atoms with Crippen LogP contribution in [0.25, 0.3) is 0 Å². The van der Waals surface area contributed by atoms with Gasteiger partial charge in [0.25, 0.3) is 0 Å². The van der Waals surface area contributed by atoms with Crippen LogP contribution in [0.15, 0.2) is 10.1 Å². The largest absolute Gasteiger partial charge is 0.280 e. The first-order valence-electron chi connectivity index (χ1n) is 2.31. The van der Waals surface area contributed by atoms with Crippen LogP contribution in [0.3, 0.4) is 0 Å². The molecule has 0 saturated carbocycles. The van der Waals surface area contributed by atoms with Crippen LogP contribution in [-0.2, 0) is 11.2 Å². The molecule has 3 nitrogen and oxygen atoms in total. The van der Waals surface area contributed by atoms with E-state index in [1.165, 1.54) is 0 Å². The lowest BCUT2D eigenvalue weighted by Gasteiger charge is -1.95. The fourth-order valence-corrected chi connectivity index (χ4v) is 4.17. The molecule has 2 N–H and O–H groups in total. The van der Waals surface area contributed by atoms with Gasteiger partial charge in [-0.05, 0) is 0 Å². The fraction of sp³-hybridized carbons (Fsp3) is 0.333. The number of nitrogens with one attached hydrogen (secondary N) is 2. The summed E-state index contributed by atoms with van der Waals surface area (Å²) in [6.07, 6.45) is 0. The van der Waals surface area contributed by atoms with E-state index in [2.05, 4.69) is 9.44 Å². The van der Waals surface area contributed by atoms with Gasteiger partial charge in [-0.25, -0.2) is 4.21 Å². The molecule has 0 bridgehead atoms. The van der Waals surface area contributed by atoms with Crippen molar-refractivity contribution in [2.75, 3.05) is 5.08 Å². The van der Waals surface area contributed by atoms with Gasteiger partial charge in [-0.1, -0.05) is 23.5 Å². The lowest BCUT2D eigenvalue weighted by Crippen LogP contribution is -2.17. The second kappa shape index (κ2) is 2.10. The molecule has 0 aliphatic carbocycles. The summed E-state index contributed by atoms with van der Waals surface area (Å²) in [5.41, 5.74) is 0. The molecule has 2 aliphatic rings. The molecular weight excluding hydrogens is 176 g/mol. The van der Waals surface area contributed by atoms with Crippen molar-refractivity contribution < 1.29 is 4.21 Å². The van der Waals surface area contributed by atoms with E-state index < -0.39 is 11.2 Å².